The fraction of sp³-hybridized carbons (Fsp3) is 0.304. The van der Waals surface area contributed by atoms with E-state index in [-0.39, 0.29) is 0 Å². The summed E-state index contributed by atoms with van der Waals surface area (Å²) in [7, 11) is -1.54. The smallest absolute Gasteiger partial charge is 0.229 e. The van der Waals surface area contributed by atoms with Gasteiger partial charge in [0.25, 0.3) is 0 Å². The van der Waals surface area contributed by atoms with Crippen molar-refractivity contribution in [3.63, 3.8) is 0 Å². The minimum Gasteiger partial charge on any atom is -0.324 e. The highest BCUT2D eigenvalue weighted by Gasteiger charge is 2.25. The van der Waals surface area contributed by atoms with Crippen molar-refractivity contribution in [2.75, 3.05) is 10.6 Å². The molecule has 1 fully saturated rings. The van der Waals surface area contributed by atoms with Crippen LogP contribution < -0.4 is 10.6 Å². The van der Waals surface area contributed by atoms with Crippen LogP contribution in [0.1, 0.15) is 41.1 Å². The van der Waals surface area contributed by atoms with Crippen LogP contribution in [-0.2, 0) is 6.54 Å². The van der Waals surface area contributed by atoms with Crippen molar-refractivity contribution in [3.05, 3.63) is 52.8 Å². The van der Waals surface area contributed by atoms with Gasteiger partial charge in [0, 0.05) is 29.6 Å². The lowest BCUT2D eigenvalue weighted by Gasteiger charge is -2.10. The Kier molecular flexibility index (Phi) is 4.83. The van der Waals surface area contributed by atoms with Crippen LogP contribution in [0, 0.1) is 11.5 Å². The van der Waals surface area contributed by atoms with Crippen LogP contribution in [0.25, 0.3) is 0 Å². The molecule has 5 rings (SSSR count). The zero-order valence-corrected chi connectivity index (χ0v) is 19.0. The van der Waals surface area contributed by atoms with Crippen molar-refractivity contribution >= 4 is 37.6 Å². The predicted octanol–water partition coefficient (Wildman–Crippen LogP) is 4.73. The summed E-state index contributed by atoms with van der Waals surface area (Å²) >= 11 is 0. The van der Waals surface area contributed by atoms with Gasteiger partial charge >= 0.3 is 0 Å². The number of aliphatic imine (C=N–C) groups is 1. The van der Waals surface area contributed by atoms with Gasteiger partial charge in [0.2, 0.25) is 5.95 Å². The van der Waals surface area contributed by atoms with Crippen LogP contribution >= 0.6 is 0 Å². The first-order valence-corrected chi connectivity index (χ1v) is 14.1. The molecule has 1 aromatic carbocycles. The van der Waals surface area contributed by atoms with Crippen LogP contribution in [0.2, 0.25) is 19.6 Å². The Labute approximate surface area is 182 Å². The van der Waals surface area contributed by atoms with E-state index >= 15 is 0 Å². The molecule has 2 aliphatic rings. The summed E-state index contributed by atoms with van der Waals surface area (Å²) in [6.07, 6.45) is 6.12. The maximum Gasteiger partial charge on any atom is 0.229 e. The zero-order valence-electron chi connectivity index (χ0n) is 18.0. The topological polar surface area (TPSA) is 90.9 Å². The first-order valence-electron chi connectivity index (χ1n) is 10.6. The Morgan fingerprint density at radius 2 is 2.00 bits per heavy atom. The molecule has 0 bridgehead atoms. The van der Waals surface area contributed by atoms with Gasteiger partial charge in [0.05, 0.1) is 18.3 Å². The van der Waals surface area contributed by atoms with Gasteiger partial charge in [-0.25, -0.2) is 4.98 Å². The van der Waals surface area contributed by atoms with E-state index in [9.17, 15) is 0 Å². The molecule has 0 unspecified atom stereocenters. The second-order valence-electron chi connectivity index (χ2n) is 9.07. The molecule has 0 amide bonds. The number of hydrogen-bond acceptors (Lipinski definition) is 6. The molecule has 31 heavy (non-hydrogen) atoms. The number of nitrogens with zero attached hydrogens (tertiary/aromatic N) is 4. The Bertz CT molecular complexity index is 1220. The number of rotatable bonds is 5. The van der Waals surface area contributed by atoms with Crippen LogP contribution in [0.4, 0.5) is 23.3 Å². The third-order valence-corrected chi connectivity index (χ3v) is 5.99. The standard InChI is InChI=1S/C23H25N7Si/c1-31(2,3)9-8-17-14-25-23(26-19-7-6-16-12-24-13-18(16)10-19)28-22(17)27-21-11-20(29-30-21)15-4-5-15/h6-7,10-11,13-15H,4-5,12H2,1-3H3,(H3,25,26,27,28,29,30). The monoisotopic (exact) mass is 427 g/mol. The van der Waals surface area contributed by atoms with Crippen molar-refractivity contribution in [1.29, 1.82) is 0 Å². The van der Waals surface area contributed by atoms with Gasteiger partial charge in [-0.3, -0.25) is 10.1 Å². The molecule has 1 aliphatic carbocycles. The van der Waals surface area contributed by atoms with Crippen LogP contribution in [-0.4, -0.2) is 34.5 Å². The average Bonchev–Trinajstić information content (AvgIpc) is 3.29. The van der Waals surface area contributed by atoms with E-state index in [1.807, 2.05) is 12.3 Å². The lowest BCUT2D eigenvalue weighted by Crippen LogP contribution is -2.16. The quantitative estimate of drug-likeness (QED) is 0.405. The summed E-state index contributed by atoms with van der Waals surface area (Å²) in [5.41, 5.74) is 8.63. The summed E-state index contributed by atoms with van der Waals surface area (Å²) in [5, 5.41) is 14.2. The van der Waals surface area contributed by atoms with Gasteiger partial charge in [-0.2, -0.15) is 10.1 Å². The molecule has 8 heteroatoms. The molecular weight excluding hydrogens is 402 g/mol. The van der Waals surface area contributed by atoms with Gasteiger partial charge in [-0.05, 0) is 36.1 Å². The molecule has 1 aliphatic heterocycles. The molecule has 0 saturated heterocycles. The number of fused-ring (bicyclic) bond motifs is 1. The molecule has 7 nitrogen and oxygen atoms in total. The number of aromatic amines is 1. The zero-order chi connectivity index (χ0) is 21.4. The van der Waals surface area contributed by atoms with Gasteiger partial charge in [-0.1, -0.05) is 31.6 Å². The largest absolute Gasteiger partial charge is 0.324 e. The lowest BCUT2D eigenvalue weighted by atomic mass is 10.1. The van der Waals surface area contributed by atoms with Gasteiger partial charge in [0.1, 0.15) is 8.07 Å². The highest BCUT2D eigenvalue weighted by molar-refractivity contribution is 6.83. The first-order chi connectivity index (χ1) is 14.9. The van der Waals surface area contributed by atoms with Crippen molar-refractivity contribution in [2.45, 2.75) is 44.9 Å². The number of hydrogen-bond donors (Lipinski definition) is 3. The molecule has 0 radical (unpaired) electrons. The van der Waals surface area contributed by atoms with Crippen LogP contribution in [0.5, 0.6) is 0 Å². The lowest BCUT2D eigenvalue weighted by molar-refractivity contribution is 0.966. The molecule has 3 aromatic rings. The highest BCUT2D eigenvalue weighted by atomic mass is 28.3. The number of H-pyrrole nitrogens is 1. The Balaban J connectivity index is 1.44. The molecule has 0 spiro atoms. The number of nitrogens with one attached hydrogen (secondary N) is 3. The van der Waals surface area contributed by atoms with E-state index in [0.29, 0.717) is 17.7 Å². The molecule has 156 valence electrons. The first kappa shape index (κ1) is 19.5. The summed E-state index contributed by atoms with van der Waals surface area (Å²) < 4.78 is 0. The van der Waals surface area contributed by atoms with E-state index < -0.39 is 8.07 Å². The predicted molar refractivity (Wildman–Crippen MR) is 127 cm³/mol. The second kappa shape index (κ2) is 7.67. The molecular formula is C23H25N7Si. The number of benzene rings is 1. The third-order valence-electron chi connectivity index (χ3n) is 5.12. The number of aromatic nitrogens is 4. The second-order valence-corrected chi connectivity index (χ2v) is 13.8. The van der Waals surface area contributed by atoms with E-state index in [1.165, 1.54) is 24.1 Å². The maximum absolute atomic E-state index is 4.72. The molecule has 1 saturated carbocycles. The minimum absolute atomic E-state index is 0.508. The number of anilines is 4. The van der Waals surface area contributed by atoms with E-state index in [1.54, 1.807) is 6.20 Å². The van der Waals surface area contributed by atoms with Crippen molar-refractivity contribution in [3.8, 4) is 11.5 Å². The SMILES string of the molecule is C[Si](C)(C)C#Cc1cnc(Nc2ccc3c(c2)C=NC3)nc1Nc1cc(C2CC2)[nH]n1. The third kappa shape index (κ3) is 4.67. The summed E-state index contributed by atoms with van der Waals surface area (Å²) in [4.78, 5) is 13.5. The Morgan fingerprint density at radius 1 is 1.13 bits per heavy atom. The fourth-order valence-electron chi connectivity index (χ4n) is 3.32. The highest BCUT2D eigenvalue weighted by Crippen LogP contribution is 2.39. The van der Waals surface area contributed by atoms with Crippen molar-refractivity contribution < 1.29 is 0 Å². The minimum atomic E-state index is -1.54. The molecule has 0 atom stereocenters. The molecule has 2 aromatic heterocycles. The van der Waals surface area contributed by atoms with E-state index in [4.69, 9.17) is 4.98 Å². The van der Waals surface area contributed by atoms with Crippen LogP contribution in [0.15, 0.2) is 35.5 Å². The van der Waals surface area contributed by atoms with E-state index in [2.05, 4.69) is 80.1 Å². The van der Waals surface area contributed by atoms with Crippen LogP contribution in [0.3, 0.4) is 0 Å². The van der Waals surface area contributed by atoms with Crippen molar-refractivity contribution in [1.82, 2.24) is 20.2 Å². The maximum atomic E-state index is 4.72. The average molecular weight is 428 g/mol. The summed E-state index contributed by atoms with van der Waals surface area (Å²) in [6.45, 7) is 7.40. The Morgan fingerprint density at radius 3 is 2.81 bits per heavy atom. The summed E-state index contributed by atoms with van der Waals surface area (Å²) in [5.74, 6) is 5.80. The van der Waals surface area contributed by atoms with Crippen molar-refractivity contribution in [2.24, 2.45) is 4.99 Å². The van der Waals surface area contributed by atoms with E-state index in [0.717, 1.165) is 29.2 Å². The normalized spacial score (nSPS) is 14.7. The summed E-state index contributed by atoms with van der Waals surface area (Å²) in [6, 6.07) is 8.23. The molecule has 3 heterocycles. The molecule has 3 N–H and O–H groups in total. The Hall–Kier alpha value is -3.44. The van der Waals surface area contributed by atoms with Gasteiger partial charge < -0.3 is 10.6 Å². The fourth-order valence-corrected chi connectivity index (χ4v) is 3.83. The van der Waals surface area contributed by atoms with Gasteiger partial charge in [0.15, 0.2) is 11.6 Å². The van der Waals surface area contributed by atoms with Gasteiger partial charge in [-0.15, -0.1) is 5.54 Å².